The van der Waals surface area contributed by atoms with Gasteiger partial charge in [0.1, 0.15) is 9.96 Å². The summed E-state index contributed by atoms with van der Waals surface area (Å²) in [6.07, 6.45) is 3.48. The third-order valence-corrected chi connectivity index (χ3v) is 6.70. The van der Waals surface area contributed by atoms with Gasteiger partial charge in [0.05, 0.1) is 24.5 Å². The molecule has 0 saturated carbocycles. The zero-order valence-electron chi connectivity index (χ0n) is 13.8. The molecule has 0 atom stereocenters. The number of hydrogen-bond donors (Lipinski definition) is 2. The molecule has 0 radical (unpaired) electrons. The molecule has 0 saturated heterocycles. The van der Waals surface area contributed by atoms with Crippen LogP contribution in [0.2, 0.25) is 0 Å². The highest BCUT2D eigenvalue weighted by Crippen LogP contribution is 2.33. The molecule has 8 heteroatoms. The van der Waals surface area contributed by atoms with Crippen molar-refractivity contribution in [1.82, 2.24) is 9.97 Å². The molecular formula is C18H15N3O3S2. The first-order valence-electron chi connectivity index (χ1n) is 7.74. The fourth-order valence-electron chi connectivity index (χ4n) is 2.69. The summed E-state index contributed by atoms with van der Waals surface area (Å²) >= 11 is 1.16. The zero-order chi connectivity index (χ0) is 18.1. The first-order chi connectivity index (χ1) is 12.6. The largest absolute Gasteiger partial charge is 0.495 e. The summed E-state index contributed by atoms with van der Waals surface area (Å²) in [6.45, 7) is 0. The molecular weight excluding hydrogens is 370 g/mol. The fourth-order valence-corrected chi connectivity index (χ4v) is 4.75. The third-order valence-electron chi connectivity index (χ3n) is 3.94. The topological polar surface area (TPSA) is 84.1 Å². The number of rotatable bonds is 5. The van der Waals surface area contributed by atoms with Crippen LogP contribution in [0.25, 0.3) is 22.2 Å². The van der Waals surface area contributed by atoms with Crippen molar-refractivity contribution >= 4 is 38.0 Å². The highest BCUT2D eigenvalue weighted by molar-refractivity contribution is 7.94. The number of thiophene rings is 1. The van der Waals surface area contributed by atoms with Gasteiger partial charge in [-0.15, -0.1) is 11.3 Å². The average molecular weight is 385 g/mol. The summed E-state index contributed by atoms with van der Waals surface area (Å²) < 4.78 is 33.3. The van der Waals surface area contributed by atoms with E-state index in [1.807, 2.05) is 18.2 Å². The number of benzene rings is 1. The van der Waals surface area contributed by atoms with E-state index in [0.717, 1.165) is 33.5 Å². The minimum atomic E-state index is -3.66. The molecule has 132 valence electrons. The molecule has 6 nitrogen and oxygen atoms in total. The second kappa shape index (κ2) is 6.47. The molecule has 4 aromatic rings. The standard InChI is InChI=1S/C18H15N3O3S2/c1-24-17-5-4-12(14-9-13-6-7-19-11-16(13)20-14)10-15(17)21-26(22,23)18-3-2-8-25-18/h2-11,20-21H,1H3. The lowest BCUT2D eigenvalue weighted by Crippen LogP contribution is -2.12. The van der Waals surface area contributed by atoms with Crippen molar-refractivity contribution in [2.75, 3.05) is 11.8 Å². The number of methoxy groups -OCH3 is 1. The van der Waals surface area contributed by atoms with Gasteiger partial charge in [0.25, 0.3) is 10.0 Å². The van der Waals surface area contributed by atoms with Gasteiger partial charge < -0.3 is 9.72 Å². The Morgan fingerprint density at radius 1 is 1.19 bits per heavy atom. The van der Waals surface area contributed by atoms with Crippen molar-refractivity contribution in [2.45, 2.75) is 4.21 Å². The number of nitrogens with one attached hydrogen (secondary N) is 2. The number of nitrogens with zero attached hydrogens (tertiary/aromatic N) is 1. The lowest BCUT2D eigenvalue weighted by Gasteiger charge is -2.12. The van der Waals surface area contributed by atoms with E-state index in [9.17, 15) is 8.42 Å². The third kappa shape index (κ3) is 3.04. The average Bonchev–Trinajstić information content (AvgIpc) is 3.31. The van der Waals surface area contributed by atoms with Gasteiger partial charge in [-0.25, -0.2) is 8.42 Å². The Morgan fingerprint density at radius 2 is 2.08 bits per heavy atom. The quantitative estimate of drug-likeness (QED) is 0.542. The van der Waals surface area contributed by atoms with Crippen LogP contribution in [-0.4, -0.2) is 25.5 Å². The van der Waals surface area contributed by atoms with Crippen molar-refractivity contribution in [3.8, 4) is 17.0 Å². The molecule has 0 amide bonds. The Morgan fingerprint density at radius 3 is 2.81 bits per heavy atom. The van der Waals surface area contributed by atoms with Gasteiger partial charge in [-0.05, 0) is 41.8 Å². The van der Waals surface area contributed by atoms with E-state index in [4.69, 9.17) is 4.74 Å². The normalized spacial score (nSPS) is 11.6. The second-order valence-corrected chi connectivity index (χ2v) is 8.46. The molecule has 3 aromatic heterocycles. The molecule has 0 aliphatic rings. The van der Waals surface area contributed by atoms with E-state index in [1.165, 1.54) is 7.11 Å². The second-order valence-electron chi connectivity index (χ2n) is 5.60. The number of pyridine rings is 1. The minimum absolute atomic E-state index is 0.252. The van der Waals surface area contributed by atoms with Crippen molar-refractivity contribution in [2.24, 2.45) is 0 Å². The van der Waals surface area contributed by atoms with Gasteiger partial charge in [-0.2, -0.15) is 0 Å². The summed E-state index contributed by atoms with van der Waals surface area (Å²) in [7, 11) is -2.15. The fraction of sp³-hybridized carbons (Fsp3) is 0.0556. The van der Waals surface area contributed by atoms with Crippen LogP contribution in [0.15, 0.2) is 64.4 Å². The zero-order valence-corrected chi connectivity index (χ0v) is 15.4. The molecule has 0 aliphatic heterocycles. The van der Waals surface area contributed by atoms with Crippen molar-refractivity contribution in [1.29, 1.82) is 0 Å². The van der Waals surface area contributed by atoms with E-state index in [-0.39, 0.29) is 4.21 Å². The predicted molar refractivity (Wildman–Crippen MR) is 103 cm³/mol. The Kier molecular flexibility index (Phi) is 4.14. The maximum Gasteiger partial charge on any atom is 0.271 e. The molecule has 26 heavy (non-hydrogen) atoms. The molecule has 0 aliphatic carbocycles. The molecule has 0 bridgehead atoms. The predicted octanol–water partition coefficient (Wildman–Crippen LogP) is 4.10. The Bertz CT molecular complexity index is 1130. The van der Waals surface area contributed by atoms with Crippen LogP contribution in [0.3, 0.4) is 0 Å². The lowest BCUT2D eigenvalue weighted by molar-refractivity contribution is 0.417. The van der Waals surface area contributed by atoms with Crippen molar-refractivity contribution in [3.63, 3.8) is 0 Å². The monoisotopic (exact) mass is 385 g/mol. The highest BCUT2D eigenvalue weighted by atomic mass is 32.2. The summed E-state index contributed by atoms with van der Waals surface area (Å²) in [4.78, 5) is 7.39. The summed E-state index contributed by atoms with van der Waals surface area (Å²) in [5.41, 5.74) is 3.01. The molecule has 0 unspecified atom stereocenters. The number of ether oxygens (including phenoxy) is 1. The lowest BCUT2D eigenvalue weighted by atomic mass is 10.1. The van der Waals surface area contributed by atoms with E-state index in [2.05, 4.69) is 14.7 Å². The smallest absolute Gasteiger partial charge is 0.271 e. The van der Waals surface area contributed by atoms with Gasteiger partial charge >= 0.3 is 0 Å². The Labute approximate surface area is 154 Å². The summed E-state index contributed by atoms with van der Waals surface area (Å²) in [6, 6.07) is 12.5. The number of hydrogen-bond acceptors (Lipinski definition) is 5. The first kappa shape index (κ1) is 16.6. The number of aromatic amines is 1. The molecule has 1 aromatic carbocycles. The Balaban J connectivity index is 1.76. The van der Waals surface area contributed by atoms with Crippen LogP contribution in [-0.2, 0) is 10.0 Å². The van der Waals surface area contributed by atoms with Crippen LogP contribution >= 0.6 is 11.3 Å². The van der Waals surface area contributed by atoms with Gasteiger partial charge in [0, 0.05) is 22.8 Å². The van der Waals surface area contributed by atoms with Crippen LogP contribution in [0.5, 0.6) is 5.75 Å². The molecule has 4 rings (SSSR count). The number of fused-ring (bicyclic) bond motifs is 1. The van der Waals surface area contributed by atoms with Gasteiger partial charge in [-0.1, -0.05) is 6.07 Å². The van der Waals surface area contributed by atoms with Crippen molar-refractivity contribution < 1.29 is 13.2 Å². The molecule has 0 fully saturated rings. The number of aromatic nitrogens is 2. The number of sulfonamides is 1. The van der Waals surface area contributed by atoms with E-state index < -0.39 is 10.0 Å². The summed E-state index contributed by atoms with van der Waals surface area (Å²) in [5, 5.41) is 2.76. The maximum absolute atomic E-state index is 12.5. The molecule has 2 N–H and O–H groups in total. The highest BCUT2D eigenvalue weighted by Gasteiger charge is 2.18. The van der Waals surface area contributed by atoms with E-state index >= 15 is 0 Å². The van der Waals surface area contributed by atoms with Crippen LogP contribution in [0, 0.1) is 0 Å². The Hall–Kier alpha value is -2.84. The molecule has 3 heterocycles. The van der Waals surface area contributed by atoms with Crippen LogP contribution < -0.4 is 9.46 Å². The van der Waals surface area contributed by atoms with E-state index in [1.54, 1.807) is 42.0 Å². The van der Waals surface area contributed by atoms with Crippen molar-refractivity contribution in [3.05, 3.63) is 60.2 Å². The summed E-state index contributed by atoms with van der Waals surface area (Å²) in [5.74, 6) is 0.451. The maximum atomic E-state index is 12.5. The van der Waals surface area contributed by atoms with Crippen LogP contribution in [0.1, 0.15) is 0 Å². The number of H-pyrrole nitrogens is 1. The minimum Gasteiger partial charge on any atom is -0.495 e. The number of anilines is 1. The van der Waals surface area contributed by atoms with Crippen LogP contribution in [0.4, 0.5) is 5.69 Å². The van der Waals surface area contributed by atoms with Gasteiger partial charge in [0.2, 0.25) is 0 Å². The van der Waals surface area contributed by atoms with Gasteiger partial charge in [-0.3, -0.25) is 9.71 Å². The SMILES string of the molecule is COc1ccc(-c2cc3ccncc3[nH]2)cc1NS(=O)(=O)c1cccs1. The molecule has 0 spiro atoms. The van der Waals surface area contributed by atoms with Gasteiger partial charge in [0.15, 0.2) is 0 Å². The first-order valence-corrected chi connectivity index (χ1v) is 10.1. The van der Waals surface area contributed by atoms with E-state index in [0.29, 0.717) is 11.4 Å².